The Bertz CT molecular complexity index is 722. The molecule has 8 nitrogen and oxygen atoms in total. The third-order valence-corrected chi connectivity index (χ3v) is 4.41. The van der Waals surface area contributed by atoms with E-state index in [1.54, 1.807) is 6.92 Å². The highest BCUT2D eigenvalue weighted by Crippen LogP contribution is 2.12. The summed E-state index contributed by atoms with van der Waals surface area (Å²) in [6, 6.07) is 6.93. The van der Waals surface area contributed by atoms with Gasteiger partial charge in [0.2, 0.25) is 10.0 Å². The number of hydrogen-bond donors (Lipinski definition) is 2. The van der Waals surface area contributed by atoms with Crippen LogP contribution in [0.1, 0.15) is 30.6 Å². The van der Waals surface area contributed by atoms with Crippen LogP contribution in [0.2, 0.25) is 0 Å². The second-order valence-corrected chi connectivity index (χ2v) is 6.54. The quantitative estimate of drug-likeness (QED) is 0.519. The minimum atomic E-state index is -3.74. The molecule has 24 heavy (non-hydrogen) atoms. The third-order valence-electron chi connectivity index (χ3n) is 2.93. The minimum Gasteiger partial charge on any atom is -0.449 e. The van der Waals surface area contributed by atoms with E-state index < -0.39 is 28.0 Å². The van der Waals surface area contributed by atoms with Gasteiger partial charge in [-0.2, -0.15) is 5.26 Å². The Morgan fingerprint density at radius 1 is 1.29 bits per heavy atom. The van der Waals surface area contributed by atoms with Gasteiger partial charge in [0.15, 0.2) is 6.10 Å². The molecular weight excluding hydrogens is 334 g/mol. The molecule has 0 aliphatic heterocycles. The van der Waals surface area contributed by atoms with Gasteiger partial charge in [-0.25, -0.2) is 17.9 Å². The first-order chi connectivity index (χ1) is 11.3. The number of amides is 1. The van der Waals surface area contributed by atoms with Crippen molar-refractivity contribution in [3.8, 4) is 6.07 Å². The van der Waals surface area contributed by atoms with E-state index in [2.05, 4.69) is 10.0 Å². The fourth-order valence-corrected chi connectivity index (χ4v) is 2.73. The number of carbonyl (C=O) groups is 2. The third kappa shape index (κ3) is 5.64. The molecule has 0 radical (unpaired) electrons. The summed E-state index contributed by atoms with van der Waals surface area (Å²) in [6.07, 6.45) is -0.894. The molecule has 1 aromatic carbocycles. The Kier molecular flexibility index (Phi) is 7.35. The molecule has 0 spiro atoms. The van der Waals surface area contributed by atoms with Crippen LogP contribution in [0.4, 0.5) is 0 Å². The van der Waals surface area contributed by atoms with Crippen LogP contribution in [0.3, 0.4) is 0 Å². The van der Waals surface area contributed by atoms with E-state index in [0.29, 0.717) is 6.54 Å². The van der Waals surface area contributed by atoms with Crippen LogP contribution in [0.15, 0.2) is 29.2 Å². The number of hydrogen-bond acceptors (Lipinski definition) is 6. The zero-order valence-electron chi connectivity index (χ0n) is 13.4. The molecule has 0 bridgehead atoms. The van der Waals surface area contributed by atoms with Crippen LogP contribution in [-0.4, -0.2) is 39.5 Å². The van der Waals surface area contributed by atoms with Gasteiger partial charge in [-0.1, -0.05) is 0 Å². The first kappa shape index (κ1) is 19.6. The average molecular weight is 353 g/mol. The fraction of sp³-hybridized carbons (Fsp3) is 0.400. The average Bonchev–Trinajstić information content (AvgIpc) is 2.55. The fourth-order valence-electron chi connectivity index (χ4n) is 1.69. The van der Waals surface area contributed by atoms with Gasteiger partial charge in [0, 0.05) is 19.5 Å². The van der Waals surface area contributed by atoms with Crippen molar-refractivity contribution in [3.05, 3.63) is 29.8 Å². The summed E-state index contributed by atoms with van der Waals surface area (Å²) in [7, 11) is -3.74. The van der Waals surface area contributed by atoms with E-state index in [1.165, 1.54) is 31.2 Å². The number of ether oxygens (including phenoxy) is 1. The van der Waals surface area contributed by atoms with Gasteiger partial charge in [-0.05, 0) is 38.1 Å². The molecule has 0 aliphatic carbocycles. The molecule has 130 valence electrons. The van der Waals surface area contributed by atoms with Crippen molar-refractivity contribution in [2.75, 3.05) is 13.1 Å². The number of carbonyl (C=O) groups excluding carboxylic acids is 2. The highest BCUT2D eigenvalue weighted by atomic mass is 32.2. The zero-order valence-corrected chi connectivity index (χ0v) is 14.2. The van der Waals surface area contributed by atoms with E-state index >= 15 is 0 Å². The van der Waals surface area contributed by atoms with Crippen molar-refractivity contribution in [3.63, 3.8) is 0 Å². The molecule has 0 saturated carbocycles. The number of sulfonamides is 1. The highest BCUT2D eigenvalue weighted by Gasteiger charge is 2.19. The van der Waals surface area contributed by atoms with Gasteiger partial charge in [0.05, 0.1) is 16.5 Å². The lowest BCUT2D eigenvalue weighted by Gasteiger charge is -2.13. The maximum atomic E-state index is 11.9. The van der Waals surface area contributed by atoms with Gasteiger partial charge in [0.25, 0.3) is 5.91 Å². The maximum absolute atomic E-state index is 11.9. The van der Waals surface area contributed by atoms with Gasteiger partial charge in [0.1, 0.15) is 0 Å². The second kappa shape index (κ2) is 9.00. The van der Waals surface area contributed by atoms with Gasteiger partial charge < -0.3 is 10.1 Å². The lowest BCUT2D eigenvalue weighted by Crippen LogP contribution is -2.35. The van der Waals surface area contributed by atoms with Crippen LogP contribution >= 0.6 is 0 Å². The Balaban J connectivity index is 2.75. The van der Waals surface area contributed by atoms with E-state index in [-0.39, 0.29) is 23.4 Å². The van der Waals surface area contributed by atoms with E-state index in [9.17, 15) is 18.0 Å². The summed E-state index contributed by atoms with van der Waals surface area (Å²) < 4.78 is 31.1. The number of nitrogens with one attached hydrogen (secondary N) is 2. The Morgan fingerprint density at radius 2 is 1.92 bits per heavy atom. The van der Waals surface area contributed by atoms with E-state index in [0.717, 1.165) is 0 Å². The van der Waals surface area contributed by atoms with Gasteiger partial charge >= 0.3 is 5.97 Å². The first-order valence-electron chi connectivity index (χ1n) is 7.27. The summed E-state index contributed by atoms with van der Waals surface area (Å²) in [4.78, 5) is 23.4. The van der Waals surface area contributed by atoms with Crippen molar-refractivity contribution in [1.29, 1.82) is 5.26 Å². The maximum Gasteiger partial charge on any atom is 0.338 e. The van der Waals surface area contributed by atoms with Crippen molar-refractivity contribution in [2.24, 2.45) is 0 Å². The molecular formula is C15H19N3O5S. The normalized spacial score (nSPS) is 12.0. The Morgan fingerprint density at radius 3 is 2.46 bits per heavy atom. The highest BCUT2D eigenvalue weighted by molar-refractivity contribution is 7.89. The zero-order chi connectivity index (χ0) is 18.2. The van der Waals surface area contributed by atoms with Crippen molar-refractivity contribution in [2.45, 2.75) is 31.3 Å². The van der Waals surface area contributed by atoms with Crippen molar-refractivity contribution in [1.82, 2.24) is 10.0 Å². The van der Waals surface area contributed by atoms with Crippen molar-refractivity contribution >= 4 is 21.9 Å². The molecule has 0 heterocycles. The van der Waals surface area contributed by atoms with E-state index in [4.69, 9.17) is 10.00 Å². The van der Waals surface area contributed by atoms with Crippen LogP contribution in [0.5, 0.6) is 0 Å². The molecule has 0 aromatic heterocycles. The lowest BCUT2D eigenvalue weighted by atomic mass is 10.2. The molecule has 1 aromatic rings. The standard InChI is InChI=1S/C15H19N3O5S/c1-3-17-14(19)11(2)23-15(20)12-5-7-13(8-6-12)24(21,22)18-10-4-9-16/h5-8,11,18H,3-4,10H2,1-2H3,(H,17,19)/t11-/m0/s1. The number of likely N-dealkylation sites (N-methyl/N-ethyl adjacent to an activating group) is 1. The second-order valence-electron chi connectivity index (χ2n) is 4.77. The van der Waals surface area contributed by atoms with Crippen LogP contribution in [0.25, 0.3) is 0 Å². The molecule has 0 unspecified atom stereocenters. The molecule has 1 amide bonds. The van der Waals surface area contributed by atoms with Crippen molar-refractivity contribution < 1.29 is 22.7 Å². The summed E-state index contributed by atoms with van der Waals surface area (Å²) in [5, 5.41) is 10.9. The number of benzene rings is 1. The summed E-state index contributed by atoms with van der Waals surface area (Å²) in [5.41, 5.74) is 0.127. The molecule has 1 atom stereocenters. The molecule has 0 fully saturated rings. The molecule has 0 saturated heterocycles. The molecule has 1 rings (SSSR count). The van der Waals surface area contributed by atoms with Gasteiger partial charge in [-0.3, -0.25) is 4.79 Å². The number of esters is 1. The number of nitrogens with zero attached hydrogens (tertiary/aromatic N) is 1. The monoisotopic (exact) mass is 353 g/mol. The lowest BCUT2D eigenvalue weighted by molar-refractivity contribution is -0.128. The Labute approximate surface area is 140 Å². The van der Waals surface area contributed by atoms with E-state index in [1.807, 2.05) is 6.07 Å². The SMILES string of the molecule is CCNC(=O)[C@H](C)OC(=O)c1ccc(S(=O)(=O)NCCC#N)cc1. The van der Waals surface area contributed by atoms with Crippen LogP contribution < -0.4 is 10.0 Å². The predicted octanol–water partition coefficient (Wildman–Crippen LogP) is 0.560. The number of nitriles is 1. The van der Waals surface area contributed by atoms with Crippen LogP contribution in [-0.2, 0) is 19.6 Å². The topological polar surface area (TPSA) is 125 Å². The number of rotatable bonds is 8. The molecule has 9 heteroatoms. The summed E-state index contributed by atoms with van der Waals surface area (Å²) in [6.45, 7) is 3.62. The Hall–Kier alpha value is -2.44. The van der Waals surface area contributed by atoms with Crippen LogP contribution in [0, 0.1) is 11.3 Å². The first-order valence-corrected chi connectivity index (χ1v) is 8.75. The smallest absolute Gasteiger partial charge is 0.338 e. The summed E-state index contributed by atoms with van der Waals surface area (Å²) >= 11 is 0. The molecule has 2 N–H and O–H groups in total. The van der Waals surface area contributed by atoms with Gasteiger partial charge in [-0.15, -0.1) is 0 Å². The largest absolute Gasteiger partial charge is 0.449 e. The minimum absolute atomic E-state index is 0.00663. The summed E-state index contributed by atoms with van der Waals surface area (Å²) in [5.74, 6) is -1.14. The predicted molar refractivity (Wildman–Crippen MR) is 85.4 cm³/mol. The molecule has 0 aliphatic rings.